The van der Waals surface area contributed by atoms with Crippen LogP contribution in [0.2, 0.25) is 5.02 Å². The van der Waals surface area contributed by atoms with Crippen molar-refractivity contribution >= 4 is 21.6 Å². The Labute approximate surface area is 114 Å². The molecule has 0 saturated heterocycles. The van der Waals surface area contributed by atoms with Crippen LogP contribution in [0.4, 0.5) is 0 Å². The van der Waals surface area contributed by atoms with E-state index in [9.17, 15) is 8.42 Å². The van der Waals surface area contributed by atoms with Crippen molar-refractivity contribution < 1.29 is 8.42 Å². The van der Waals surface area contributed by atoms with Crippen LogP contribution in [0.5, 0.6) is 0 Å². The zero-order valence-electron chi connectivity index (χ0n) is 10.9. The van der Waals surface area contributed by atoms with Crippen molar-refractivity contribution in [1.29, 1.82) is 0 Å². The normalized spacial score (nSPS) is 12.4. The number of hydrogen-bond acceptors (Lipinski definition) is 3. The first kappa shape index (κ1) is 15.4. The van der Waals surface area contributed by atoms with Gasteiger partial charge in [-0.1, -0.05) is 24.6 Å². The maximum Gasteiger partial charge on any atom is 0.244 e. The summed E-state index contributed by atoms with van der Waals surface area (Å²) in [6.45, 7) is 6.17. The molecular weight excluding hydrogens is 272 g/mol. The number of benzene rings is 1. The maximum atomic E-state index is 12.5. The third kappa shape index (κ3) is 3.03. The van der Waals surface area contributed by atoms with Gasteiger partial charge in [-0.3, -0.25) is 0 Å². The fraction of sp³-hybridized carbons (Fsp3) is 0.500. The summed E-state index contributed by atoms with van der Waals surface area (Å²) in [7, 11) is -3.57. The van der Waals surface area contributed by atoms with Gasteiger partial charge in [-0.2, -0.15) is 4.31 Å². The number of sulfonamides is 1. The summed E-state index contributed by atoms with van der Waals surface area (Å²) in [6, 6.07) is 4.73. The molecule has 0 fully saturated rings. The van der Waals surface area contributed by atoms with E-state index in [0.29, 0.717) is 6.54 Å². The molecule has 4 nitrogen and oxygen atoms in total. The first-order valence-corrected chi connectivity index (χ1v) is 7.66. The van der Waals surface area contributed by atoms with Gasteiger partial charge < -0.3 is 5.73 Å². The van der Waals surface area contributed by atoms with Crippen LogP contribution in [0, 0.1) is 0 Å². The van der Waals surface area contributed by atoms with Crippen molar-refractivity contribution in [2.75, 3.05) is 6.54 Å². The van der Waals surface area contributed by atoms with Gasteiger partial charge in [0.1, 0.15) is 4.90 Å². The Morgan fingerprint density at radius 1 is 1.39 bits per heavy atom. The summed E-state index contributed by atoms with van der Waals surface area (Å²) in [5.41, 5.74) is 6.28. The smallest absolute Gasteiger partial charge is 0.244 e. The Kier molecular flexibility index (Phi) is 5.16. The Morgan fingerprint density at radius 3 is 2.44 bits per heavy atom. The maximum absolute atomic E-state index is 12.5. The van der Waals surface area contributed by atoms with E-state index < -0.39 is 10.0 Å². The van der Waals surface area contributed by atoms with Gasteiger partial charge in [-0.05, 0) is 31.5 Å². The number of rotatable bonds is 5. The zero-order chi connectivity index (χ0) is 13.9. The topological polar surface area (TPSA) is 63.4 Å². The lowest BCUT2D eigenvalue weighted by Gasteiger charge is -2.25. The molecule has 1 aromatic rings. The van der Waals surface area contributed by atoms with Crippen LogP contribution in [-0.4, -0.2) is 25.3 Å². The highest BCUT2D eigenvalue weighted by Gasteiger charge is 2.27. The quantitative estimate of drug-likeness (QED) is 0.904. The van der Waals surface area contributed by atoms with Gasteiger partial charge in [-0.25, -0.2) is 8.42 Å². The van der Waals surface area contributed by atoms with E-state index in [1.54, 1.807) is 25.1 Å². The molecule has 0 aliphatic rings. The third-order valence-electron chi connectivity index (χ3n) is 2.71. The minimum absolute atomic E-state index is 0.113. The first-order valence-electron chi connectivity index (χ1n) is 5.85. The number of nitrogens with zero attached hydrogens (tertiary/aromatic N) is 1. The van der Waals surface area contributed by atoms with Gasteiger partial charge in [-0.15, -0.1) is 0 Å². The van der Waals surface area contributed by atoms with Crippen LogP contribution in [0.1, 0.15) is 26.3 Å². The molecule has 0 atom stereocenters. The average Bonchev–Trinajstić information content (AvgIpc) is 2.29. The van der Waals surface area contributed by atoms with Crippen LogP contribution in [0.15, 0.2) is 23.1 Å². The van der Waals surface area contributed by atoms with Gasteiger partial charge in [0.25, 0.3) is 0 Å². The van der Waals surface area contributed by atoms with Gasteiger partial charge in [0.15, 0.2) is 0 Å². The Hall–Kier alpha value is -0.620. The van der Waals surface area contributed by atoms with Crippen molar-refractivity contribution in [3.05, 3.63) is 28.8 Å². The van der Waals surface area contributed by atoms with E-state index in [4.69, 9.17) is 17.3 Å². The van der Waals surface area contributed by atoms with E-state index >= 15 is 0 Å². The van der Waals surface area contributed by atoms with Gasteiger partial charge in [0.2, 0.25) is 10.0 Å². The van der Waals surface area contributed by atoms with Crippen LogP contribution in [0.25, 0.3) is 0 Å². The van der Waals surface area contributed by atoms with Crippen molar-refractivity contribution in [2.24, 2.45) is 5.73 Å². The lowest BCUT2D eigenvalue weighted by Crippen LogP contribution is -2.36. The Morgan fingerprint density at radius 2 is 2.00 bits per heavy atom. The lowest BCUT2D eigenvalue weighted by molar-refractivity contribution is 0.369. The van der Waals surface area contributed by atoms with Crippen LogP contribution < -0.4 is 5.73 Å². The number of halogens is 1. The summed E-state index contributed by atoms with van der Waals surface area (Å²) >= 11 is 6.00. The second kappa shape index (κ2) is 6.02. The molecule has 1 aromatic carbocycles. The van der Waals surface area contributed by atoms with Crippen molar-refractivity contribution in [1.82, 2.24) is 4.31 Å². The summed E-state index contributed by atoms with van der Waals surface area (Å²) < 4.78 is 26.4. The highest BCUT2D eigenvalue weighted by atomic mass is 35.5. The number of nitrogens with two attached hydrogens (primary N) is 1. The molecular formula is C12H19ClN2O2S. The van der Waals surface area contributed by atoms with Gasteiger partial charge >= 0.3 is 0 Å². The zero-order valence-corrected chi connectivity index (χ0v) is 12.4. The molecule has 6 heteroatoms. The van der Waals surface area contributed by atoms with E-state index in [-0.39, 0.29) is 22.5 Å². The summed E-state index contributed by atoms with van der Waals surface area (Å²) in [4.78, 5) is 0.127. The molecule has 0 saturated carbocycles. The molecule has 0 amide bonds. The summed E-state index contributed by atoms with van der Waals surface area (Å²) in [6.07, 6.45) is 0. The van der Waals surface area contributed by atoms with Gasteiger partial charge in [0.05, 0.1) is 5.02 Å². The lowest BCUT2D eigenvalue weighted by atomic mass is 10.2. The molecule has 18 heavy (non-hydrogen) atoms. The molecule has 0 aliphatic heterocycles. The molecule has 102 valence electrons. The van der Waals surface area contributed by atoms with Crippen LogP contribution >= 0.6 is 11.6 Å². The SMILES string of the molecule is CCN(C(C)C)S(=O)(=O)c1cc(CN)ccc1Cl. The van der Waals surface area contributed by atoms with Crippen LogP contribution in [0.3, 0.4) is 0 Å². The highest BCUT2D eigenvalue weighted by Crippen LogP contribution is 2.26. The Bertz CT molecular complexity index is 515. The summed E-state index contributed by atoms with van der Waals surface area (Å²) in [5, 5.41) is 0.228. The molecule has 0 spiro atoms. The third-order valence-corrected chi connectivity index (χ3v) is 5.34. The second-order valence-corrected chi connectivity index (χ2v) is 6.54. The van der Waals surface area contributed by atoms with E-state index in [1.807, 2.05) is 13.8 Å². The predicted molar refractivity (Wildman–Crippen MR) is 74.0 cm³/mol. The minimum atomic E-state index is -3.57. The predicted octanol–water partition coefficient (Wildman–Crippen LogP) is 2.22. The fourth-order valence-electron chi connectivity index (χ4n) is 1.81. The second-order valence-electron chi connectivity index (χ2n) is 4.27. The molecule has 0 unspecified atom stereocenters. The highest BCUT2D eigenvalue weighted by molar-refractivity contribution is 7.89. The van der Waals surface area contributed by atoms with Crippen molar-refractivity contribution in [3.63, 3.8) is 0 Å². The standard InChI is InChI=1S/C12H19ClN2O2S/c1-4-15(9(2)3)18(16,17)12-7-10(8-14)5-6-11(12)13/h5-7,9H,4,8,14H2,1-3H3. The Balaban J connectivity index is 3.35. The minimum Gasteiger partial charge on any atom is -0.326 e. The molecule has 0 bridgehead atoms. The summed E-state index contributed by atoms with van der Waals surface area (Å²) in [5.74, 6) is 0. The molecule has 0 radical (unpaired) electrons. The molecule has 1 rings (SSSR count). The van der Waals surface area contributed by atoms with E-state index in [1.165, 1.54) is 4.31 Å². The van der Waals surface area contributed by atoms with E-state index in [0.717, 1.165) is 5.56 Å². The fourth-order valence-corrected chi connectivity index (χ4v) is 3.98. The largest absolute Gasteiger partial charge is 0.326 e. The molecule has 2 N–H and O–H groups in total. The monoisotopic (exact) mass is 290 g/mol. The molecule has 0 aliphatic carbocycles. The average molecular weight is 291 g/mol. The van der Waals surface area contributed by atoms with Crippen LogP contribution in [-0.2, 0) is 16.6 Å². The van der Waals surface area contributed by atoms with E-state index in [2.05, 4.69) is 0 Å². The van der Waals surface area contributed by atoms with Gasteiger partial charge in [0, 0.05) is 19.1 Å². The first-order chi connectivity index (χ1) is 8.34. The molecule has 0 heterocycles. The van der Waals surface area contributed by atoms with Crippen molar-refractivity contribution in [3.8, 4) is 0 Å². The number of hydrogen-bond donors (Lipinski definition) is 1. The molecule has 0 aromatic heterocycles. The van der Waals surface area contributed by atoms with Crippen molar-refractivity contribution in [2.45, 2.75) is 38.3 Å².